The second-order valence-corrected chi connectivity index (χ2v) is 0.408. The van der Waals surface area contributed by atoms with E-state index in [0.29, 0.717) is 0 Å². The molecule has 0 aromatic rings. The molecule has 4 heavy (non-hydrogen) atoms. The van der Waals surface area contributed by atoms with Crippen molar-refractivity contribution in [1.29, 1.82) is 0 Å². The van der Waals surface area contributed by atoms with Gasteiger partial charge in [-0.15, -0.1) is 0 Å². The molecule has 0 heterocycles. The number of rotatable bonds is 0. The van der Waals surface area contributed by atoms with Crippen molar-refractivity contribution < 1.29 is 4.65 Å². The number of hydrogen-bond acceptors (Lipinski definition) is 1. The van der Waals surface area contributed by atoms with Gasteiger partial charge in [-0.3, -0.25) is 0 Å². The van der Waals surface area contributed by atoms with Crippen molar-refractivity contribution in [3.05, 3.63) is 0 Å². The second-order valence-electron chi connectivity index (χ2n) is 0.408. The van der Waals surface area contributed by atoms with Crippen LogP contribution in [0, 0.1) is 0 Å². The first-order valence-electron chi connectivity index (χ1n) is 0.816. The van der Waals surface area contributed by atoms with Gasteiger partial charge in [0.15, 0.2) is 0 Å². The van der Waals surface area contributed by atoms with Crippen molar-refractivity contribution in [2.75, 3.05) is 7.11 Å². The van der Waals surface area contributed by atoms with E-state index < -0.39 is 0 Å². The van der Waals surface area contributed by atoms with E-state index in [1.807, 2.05) is 0 Å². The predicted molar refractivity (Wildman–Crippen MR) is 22.7 cm³/mol. The first-order valence-corrected chi connectivity index (χ1v) is 0.816. The zero-order valence-corrected chi connectivity index (χ0v) is 2.41. The van der Waals surface area contributed by atoms with E-state index in [-0.39, 0.29) is 29.6 Å². The first-order chi connectivity index (χ1) is 1.41. The Balaban J connectivity index is 0. The van der Waals surface area contributed by atoms with Gasteiger partial charge in [0.1, 0.15) is 0 Å². The fourth-order valence-electron chi connectivity index (χ4n) is 0. The Bertz CT molecular complexity index is 8.00. The summed E-state index contributed by atoms with van der Waals surface area (Å²) in [6, 6.07) is 0. The molecule has 0 atom stereocenters. The predicted octanol–water partition coefficient (Wildman–Crippen LogP) is -1.47. The van der Waals surface area contributed by atoms with Gasteiger partial charge < -0.3 is 4.65 Å². The van der Waals surface area contributed by atoms with Gasteiger partial charge in [0, 0.05) is 7.11 Å². The van der Waals surface area contributed by atoms with Crippen LogP contribution in [-0.2, 0) is 4.65 Å². The van der Waals surface area contributed by atoms with Gasteiger partial charge in [-0.05, 0) is 0 Å². The Kier molecular flexibility index (Phi) is 20.0. The van der Waals surface area contributed by atoms with E-state index in [0.717, 1.165) is 0 Å². The average Bonchev–Trinajstić information content (AvgIpc) is 0.918. The molecule has 0 N–H and O–H groups in total. The summed E-state index contributed by atoms with van der Waals surface area (Å²) in [7, 11) is 3.25. The molecular weight excluding hydrogens is 61.8 g/mol. The third-order valence-corrected chi connectivity index (χ3v) is 0. The van der Waals surface area contributed by atoms with Gasteiger partial charge in [0.05, 0.1) is 0 Å². The van der Waals surface area contributed by atoms with Crippen LogP contribution in [0.4, 0.5) is 0 Å². The Morgan fingerprint density at radius 1 is 1.75 bits per heavy atom. The van der Waals surface area contributed by atoms with Crippen molar-refractivity contribution in [3.8, 4) is 0 Å². The van der Waals surface area contributed by atoms with Crippen LogP contribution in [0.5, 0.6) is 0 Å². The molecule has 0 aromatic carbocycles. The molecule has 0 amide bonds. The molecule has 0 aliphatic rings. The van der Waals surface area contributed by atoms with E-state index in [9.17, 15) is 0 Å². The average molecular weight is 67.9 g/mol. The van der Waals surface area contributed by atoms with Gasteiger partial charge in [-0.2, -0.15) is 0 Å². The fourth-order valence-corrected chi connectivity index (χ4v) is 0. The van der Waals surface area contributed by atoms with Crippen molar-refractivity contribution in [2.24, 2.45) is 0 Å². The Hall–Kier alpha value is 1.02. The topological polar surface area (TPSA) is 9.23 Å². The first kappa shape index (κ1) is 8.90. The van der Waals surface area contributed by atoms with Gasteiger partial charge in [-0.25, -0.2) is 0 Å². The molecule has 20 valence electrons. The summed E-state index contributed by atoms with van der Waals surface area (Å²) in [6.45, 7) is 0. The fraction of sp³-hybridized carbons (Fsp3) is 1.00. The van der Waals surface area contributed by atoms with Crippen LogP contribution >= 0.6 is 0 Å². The van der Waals surface area contributed by atoms with Crippen LogP contribution in [0.1, 0.15) is 0 Å². The molecule has 0 aliphatic carbocycles. The standard InChI is InChI=1S/CH5BO.Na.H/c1-3-2;;/h2H2,1H3;;. The zero-order valence-electron chi connectivity index (χ0n) is 2.41. The van der Waals surface area contributed by atoms with Crippen molar-refractivity contribution in [3.63, 3.8) is 0 Å². The quantitative estimate of drug-likeness (QED) is 0.315. The van der Waals surface area contributed by atoms with E-state index in [1.165, 1.54) is 0 Å². The molecule has 0 unspecified atom stereocenters. The van der Waals surface area contributed by atoms with Crippen molar-refractivity contribution in [2.45, 2.75) is 0 Å². The normalized spacial score (nSPS) is 4.25. The summed E-state index contributed by atoms with van der Waals surface area (Å²) in [5, 5.41) is 0. The maximum absolute atomic E-state index is 4.25. The second kappa shape index (κ2) is 8.98. The van der Waals surface area contributed by atoms with E-state index >= 15 is 0 Å². The van der Waals surface area contributed by atoms with E-state index in [1.54, 1.807) is 15.2 Å². The molecule has 0 saturated heterocycles. The summed E-state index contributed by atoms with van der Waals surface area (Å²) in [4.78, 5) is 0. The third-order valence-electron chi connectivity index (χ3n) is 0. The van der Waals surface area contributed by atoms with Crippen molar-refractivity contribution in [1.82, 2.24) is 0 Å². The molecular formula is CH6BNaO. The molecule has 0 fully saturated rings. The molecule has 1 nitrogen and oxygen atoms in total. The third kappa shape index (κ3) is 11.8. The van der Waals surface area contributed by atoms with Gasteiger partial charge in [0.2, 0.25) is 0 Å². The maximum atomic E-state index is 4.25. The molecule has 0 rings (SSSR count). The Morgan fingerprint density at radius 2 is 1.75 bits per heavy atom. The molecule has 0 saturated carbocycles. The molecule has 0 radical (unpaired) electrons. The van der Waals surface area contributed by atoms with Crippen LogP contribution < -0.4 is 0 Å². The molecule has 0 bridgehead atoms. The SMILES string of the molecule is BOC.[NaH]. The summed E-state index contributed by atoms with van der Waals surface area (Å²) < 4.78 is 4.25. The number of hydrogen-bond donors (Lipinski definition) is 0. The summed E-state index contributed by atoms with van der Waals surface area (Å²) >= 11 is 0. The Morgan fingerprint density at radius 3 is 1.75 bits per heavy atom. The Labute approximate surface area is 49.5 Å². The van der Waals surface area contributed by atoms with Crippen LogP contribution in [0.15, 0.2) is 0 Å². The van der Waals surface area contributed by atoms with Gasteiger partial charge in [-0.1, -0.05) is 0 Å². The summed E-state index contributed by atoms with van der Waals surface area (Å²) in [6.07, 6.45) is 0. The minimum absolute atomic E-state index is 0. The molecule has 0 spiro atoms. The van der Waals surface area contributed by atoms with E-state index in [2.05, 4.69) is 4.65 Å². The van der Waals surface area contributed by atoms with Crippen LogP contribution in [0.25, 0.3) is 0 Å². The van der Waals surface area contributed by atoms with Gasteiger partial charge in [0.25, 0.3) is 8.05 Å². The summed E-state index contributed by atoms with van der Waals surface area (Å²) in [5.41, 5.74) is 0. The van der Waals surface area contributed by atoms with Crippen molar-refractivity contribution >= 4 is 37.6 Å². The molecule has 3 heteroatoms. The van der Waals surface area contributed by atoms with Crippen LogP contribution in [0.2, 0.25) is 0 Å². The monoisotopic (exact) mass is 68.0 g/mol. The summed E-state index contributed by atoms with van der Waals surface area (Å²) in [5.74, 6) is 0. The van der Waals surface area contributed by atoms with Gasteiger partial charge >= 0.3 is 29.6 Å². The minimum atomic E-state index is 0. The van der Waals surface area contributed by atoms with Crippen LogP contribution in [-0.4, -0.2) is 44.7 Å². The molecule has 0 aliphatic heterocycles. The molecule has 0 aromatic heterocycles. The van der Waals surface area contributed by atoms with Crippen LogP contribution in [0.3, 0.4) is 0 Å². The zero-order chi connectivity index (χ0) is 2.71. The van der Waals surface area contributed by atoms with E-state index in [4.69, 9.17) is 0 Å².